The Hall–Kier alpha value is -1.94. The number of carboxylic acid groups (broad SMARTS) is 1. The number of carboxylic acids is 1. The average Bonchev–Trinajstić information content (AvgIpc) is 2.30. The molecule has 1 heterocycles. The second-order valence-electron chi connectivity index (χ2n) is 3.09. The van der Waals surface area contributed by atoms with Crippen LogP contribution in [-0.4, -0.2) is 21.0 Å². The van der Waals surface area contributed by atoms with E-state index in [1.54, 1.807) is 24.4 Å². The minimum absolute atomic E-state index is 0.131. The Morgan fingerprint density at radius 1 is 1.31 bits per heavy atom. The zero-order chi connectivity index (χ0) is 11.5. The topological polar surface area (TPSA) is 63.1 Å². The number of hydrogen-bond donors (Lipinski definition) is 1. The van der Waals surface area contributed by atoms with Crippen LogP contribution in [-0.2, 0) is 0 Å². The van der Waals surface area contributed by atoms with Crippen molar-refractivity contribution >= 4 is 17.6 Å². The van der Waals surface area contributed by atoms with Gasteiger partial charge in [0.2, 0.25) is 0 Å². The number of carbonyl (C=O) groups is 1. The van der Waals surface area contributed by atoms with Crippen molar-refractivity contribution in [2.24, 2.45) is 0 Å². The number of aromatic nitrogens is 2. The first-order valence-electron chi connectivity index (χ1n) is 4.47. The van der Waals surface area contributed by atoms with Crippen LogP contribution in [0, 0.1) is 0 Å². The van der Waals surface area contributed by atoms with Gasteiger partial charge in [0.1, 0.15) is 6.33 Å². The van der Waals surface area contributed by atoms with Crippen molar-refractivity contribution < 1.29 is 9.90 Å². The van der Waals surface area contributed by atoms with Gasteiger partial charge in [-0.25, -0.2) is 14.8 Å². The average molecular weight is 235 g/mol. The number of benzene rings is 1. The van der Waals surface area contributed by atoms with Crippen LogP contribution < -0.4 is 0 Å². The van der Waals surface area contributed by atoms with Gasteiger partial charge in [-0.2, -0.15) is 0 Å². The van der Waals surface area contributed by atoms with Gasteiger partial charge in [-0.15, -0.1) is 0 Å². The molecule has 1 N–H and O–H groups in total. The van der Waals surface area contributed by atoms with Crippen molar-refractivity contribution in [3.63, 3.8) is 0 Å². The van der Waals surface area contributed by atoms with Gasteiger partial charge in [0.25, 0.3) is 0 Å². The number of nitrogens with zero attached hydrogens (tertiary/aromatic N) is 2. The van der Waals surface area contributed by atoms with E-state index in [0.29, 0.717) is 16.3 Å². The van der Waals surface area contributed by atoms with E-state index in [1.165, 1.54) is 12.4 Å². The third-order valence-electron chi connectivity index (χ3n) is 2.07. The van der Waals surface area contributed by atoms with Crippen molar-refractivity contribution in [1.82, 2.24) is 9.97 Å². The van der Waals surface area contributed by atoms with E-state index in [4.69, 9.17) is 16.7 Å². The maximum absolute atomic E-state index is 11.0. The van der Waals surface area contributed by atoms with E-state index < -0.39 is 5.97 Å². The molecule has 1 aromatic heterocycles. The summed E-state index contributed by atoms with van der Waals surface area (Å²) in [6, 6.07) is 6.32. The van der Waals surface area contributed by atoms with E-state index in [0.717, 1.165) is 0 Å². The van der Waals surface area contributed by atoms with Crippen molar-refractivity contribution in [1.29, 1.82) is 0 Å². The van der Waals surface area contributed by atoms with Crippen LogP contribution in [0.1, 0.15) is 10.4 Å². The van der Waals surface area contributed by atoms with Crippen molar-refractivity contribution in [3.8, 4) is 11.3 Å². The molecule has 0 unspecified atom stereocenters. The molecule has 0 atom stereocenters. The summed E-state index contributed by atoms with van der Waals surface area (Å²) in [7, 11) is 0. The summed E-state index contributed by atoms with van der Waals surface area (Å²) in [5.74, 6) is -1.03. The summed E-state index contributed by atoms with van der Waals surface area (Å²) < 4.78 is 0. The number of aromatic carboxylic acids is 1. The lowest BCUT2D eigenvalue weighted by Gasteiger charge is -2.05. The van der Waals surface area contributed by atoms with Gasteiger partial charge >= 0.3 is 5.97 Å². The molecule has 0 aliphatic rings. The van der Waals surface area contributed by atoms with Gasteiger partial charge in [-0.3, -0.25) is 0 Å². The molecule has 0 saturated heterocycles. The molecule has 5 heteroatoms. The van der Waals surface area contributed by atoms with Gasteiger partial charge in [0, 0.05) is 16.8 Å². The first kappa shape index (κ1) is 10.6. The number of rotatable bonds is 2. The zero-order valence-electron chi connectivity index (χ0n) is 8.09. The number of hydrogen-bond acceptors (Lipinski definition) is 3. The first-order chi connectivity index (χ1) is 7.68. The molecule has 80 valence electrons. The molecule has 0 saturated carbocycles. The van der Waals surface area contributed by atoms with Gasteiger partial charge < -0.3 is 5.11 Å². The highest BCUT2D eigenvalue weighted by molar-refractivity contribution is 6.31. The van der Waals surface area contributed by atoms with Gasteiger partial charge in [0.15, 0.2) is 0 Å². The van der Waals surface area contributed by atoms with E-state index in [9.17, 15) is 4.79 Å². The SMILES string of the molecule is O=C(O)c1cc(Cl)ccc1-c1ccncn1. The van der Waals surface area contributed by atoms with Crippen LogP contribution in [0.4, 0.5) is 0 Å². The number of halogens is 1. The Morgan fingerprint density at radius 2 is 2.12 bits per heavy atom. The van der Waals surface area contributed by atoms with Gasteiger partial charge in [-0.1, -0.05) is 17.7 Å². The highest BCUT2D eigenvalue weighted by atomic mass is 35.5. The van der Waals surface area contributed by atoms with Gasteiger partial charge in [0.05, 0.1) is 11.3 Å². The monoisotopic (exact) mass is 234 g/mol. The fourth-order valence-corrected chi connectivity index (χ4v) is 1.54. The van der Waals surface area contributed by atoms with Crippen molar-refractivity contribution in [2.75, 3.05) is 0 Å². The fourth-order valence-electron chi connectivity index (χ4n) is 1.37. The third-order valence-corrected chi connectivity index (χ3v) is 2.31. The smallest absolute Gasteiger partial charge is 0.336 e. The summed E-state index contributed by atoms with van der Waals surface area (Å²) >= 11 is 5.75. The Kier molecular flexibility index (Phi) is 2.83. The fraction of sp³-hybridized carbons (Fsp3) is 0. The molecule has 0 fully saturated rings. The van der Waals surface area contributed by atoms with E-state index in [2.05, 4.69) is 9.97 Å². The summed E-state index contributed by atoms with van der Waals surface area (Å²) in [6.45, 7) is 0. The maximum atomic E-state index is 11.0. The van der Waals surface area contributed by atoms with E-state index >= 15 is 0 Å². The quantitative estimate of drug-likeness (QED) is 0.867. The summed E-state index contributed by atoms with van der Waals surface area (Å²) in [4.78, 5) is 18.8. The van der Waals surface area contributed by atoms with Crippen LogP contribution in [0.15, 0.2) is 36.8 Å². The second-order valence-corrected chi connectivity index (χ2v) is 3.53. The lowest BCUT2D eigenvalue weighted by Crippen LogP contribution is -2.00. The predicted molar refractivity (Wildman–Crippen MR) is 59.4 cm³/mol. The molecule has 0 amide bonds. The van der Waals surface area contributed by atoms with E-state index in [1.807, 2.05) is 0 Å². The minimum atomic E-state index is -1.03. The largest absolute Gasteiger partial charge is 0.478 e. The van der Waals surface area contributed by atoms with Crippen LogP contribution in [0.25, 0.3) is 11.3 Å². The maximum Gasteiger partial charge on any atom is 0.336 e. The molecule has 0 aliphatic heterocycles. The summed E-state index contributed by atoms with van der Waals surface area (Å²) in [5.41, 5.74) is 1.22. The molecule has 4 nitrogen and oxygen atoms in total. The highest BCUT2D eigenvalue weighted by Gasteiger charge is 2.12. The van der Waals surface area contributed by atoms with E-state index in [-0.39, 0.29) is 5.56 Å². The molecule has 0 aliphatic carbocycles. The van der Waals surface area contributed by atoms with Crippen LogP contribution in [0.5, 0.6) is 0 Å². The lowest BCUT2D eigenvalue weighted by molar-refractivity contribution is 0.0697. The highest BCUT2D eigenvalue weighted by Crippen LogP contribution is 2.24. The molecule has 16 heavy (non-hydrogen) atoms. The molecular weight excluding hydrogens is 228 g/mol. The molecule has 0 radical (unpaired) electrons. The zero-order valence-corrected chi connectivity index (χ0v) is 8.85. The normalized spacial score (nSPS) is 10.1. The molecule has 1 aromatic carbocycles. The summed E-state index contributed by atoms with van der Waals surface area (Å²) in [5, 5.41) is 9.43. The third kappa shape index (κ3) is 2.01. The Balaban J connectivity index is 2.61. The first-order valence-corrected chi connectivity index (χ1v) is 4.85. The molecule has 0 bridgehead atoms. The Morgan fingerprint density at radius 3 is 2.75 bits per heavy atom. The van der Waals surface area contributed by atoms with Crippen LogP contribution >= 0.6 is 11.6 Å². The van der Waals surface area contributed by atoms with Gasteiger partial charge in [-0.05, 0) is 18.2 Å². The molecule has 0 spiro atoms. The molecule has 2 rings (SSSR count). The second kappa shape index (κ2) is 4.28. The van der Waals surface area contributed by atoms with Crippen LogP contribution in [0.3, 0.4) is 0 Å². The Labute approximate surface area is 96.6 Å². The summed E-state index contributed by atoms with van der Waals surface area (Å²) in [6.07, 6.45) is 2.93. The van der Waals surface area contributed by atoms with Crippen molar-refractivity contribution in [3.05, 3.63) is 47.4 Å². The standard InChI is InChI=1S/C11H7ClN2O2/c12-7-1-2-8(9(5-7)11(15)16)10-3-4-13-6-14-10/h1-6H,(H,15,16). The lowest BCUT2D eigenvalue weighted by atomic mass is 10.0. The minimum Gasteiger partial charge on any atom is -0.478 e. The predicted octanol–water partition coefficient (Wildman–Crippen LogP) is 2.50. The van der Waals surface area contributed by atoms with Crippen molar-refractivity contribution in [2.45, 2.75) is 0 Å². The van der Waals surface area contributed by atoms with Crippen LogP contribution in [0.2, 0.25) is 5.02 Å². The molecule has 2 aromatic rings. The molecular formula is C11H7ClN2O2. The Bertz CT molecular complexity index is 529.